The van der Waals surface area contributed by atoms with Gasteiger partial charge in [0.2, 0.25) is 11.8 Å². The van der Waals surface area contributed by atoms with Crippen LogP contribution in [-0.4, -0.2) is 35.0 Å². The van der Waals surface area contributed by atoms with Gasteiger partial charge in [0.25, 0.3) is 0 Å². The fourth-order valence-electron chi connectivity index (χ4n) is 3.74. The van der Waals surface area contributed by atoms with Gasteiger partial charge >= 0.3 is 0 Å². The maximum Gasteiger partial charge on any atom is 0.244 e. The minimum Gasteiger partial charge on any atom is -0.508 e. The number of phenols is 1. The first-order valence-corrected chi connectivity index (χ1v) is 12.6. The number of carbonyl (C=O) groups is 2. The van der Waals surface area contributed by atoms with Crippen LogP contribution in [0.25, 0.3) is 6.08 Å². The number of unbranched alkanes of at least 4 members (excludes halogenated alkanes) is 1. The molecule has 2 aromatic carbocycles. The Morgan fingerprint density at radius 1 is 1.03 bits per heavy atom. The van der Waals surface area contributed by atoms with Crippen molar-refractivity contribution in [2.75, 3.05) is 0 Å². The van der Waals surface area contributed by atoms with E-state index in [0.717, 1.165) is 30.4 Å². The van der Waals surface area contributed by atoms with Crippen molar-refractivity contribution in [3.63, 3.8) is 0 Å². The van der Waals surface area contributed by atoms with Crippen LogP contribution < -0.4 is 16.4 Å². The maximum atomic E-state index is 13.2. The fourth-order valence-corrected chi connectivity index (χ4v) is 3.74. The zero-order valence-corrected chi connectivity index (χ0v) is 21.5. The molecule has 0 bridgehead atoms. The molecule has 6 heteroatoms. The Morgan fingerprint density at radius 3 is 2.29 bits per heavy atom. The topological polar surface area (TPSA) is 104 Å². The van der Waals surface area contributed by atoms with Crippen LogP contribution in [0.1, 0.15) is 63.1 Å². The summed E-state index contributed by atoms with van der Waals surface area (Å²) in [7, 11) is 0. The van der Waals surface area contributed by atoms with E-state index >= 15 is 0 Å². The van der Waals surface area contributed by atoms with E-state index in [9.17, 15) is 14.7 Å². The molecule has 5 N–H and O–H groups in total. The average Bonchev–Trinajstić information content (AvgIpc) is 2.85. The second-order valence-corrected chi connectivity index (χ2v) is 9.37. The number of hydrogen-bond acceptors (Lipinski definition) is 5. The van der Waals surface area contributed by atoms with Crippen LogP contribution in [0.4, 0.5) is 0 Å². The van der Waals surface area contributed by atoms with Gasteiger partial charge in [0.15, 0.2) is 0 Å². The van der Waals surface area contributed by atoms with E-state index in [2.05, 4.69) is 67.8 Å². The van der Waals surface area contributed by atoms with E-state index in [1.54, 1.807) is 24.3 Å². The quantitative estimate of drug-likeness (QED) is 0.339. The van der Waals surface area contributed by atoms with Gasteiger partial charge in [0.1, 0.15) is 5.75 Å². The highest BCUT2D eigenvalue weighted by atomic mass is 16.3. The highest BCUT2D eigenvalue weighted by Gasteiger charge is 2.26. The Balaban J connectivity index is 2.23. The Hall–Kier alpha value is -2.96. The van der Waals surface area contributed by atoms with Gasteiger partial charge in [0.05, 0.1) is 12.1 Å². The number of imide groups is 1. The summed E-state index contributed by atoms with van der Waals surface area (Å²) in [4.78, 5) is 25.8. The first kappa shape index (κ1) is 28.3. The third kappa shape index (κ3) is 9.67. The van der Waals surface area contributed by atoms with Crippen LogP contribution in [0.5, 0.6) is 5.75 Å². The smallest absolute Gasteiger partial charge is 0.244 e. The van der Waals surface area contributed by atoms with Crippen molar-refractivity contribution in [1.82, 2.24) is 10.6 Å². The Bertz CT molecular complexity index is 954. The first-order chi connectivity index (χ1) is 16.7. The van der Waals surface area contributed by atoms with Gasteiger partial charge in [-0.2, -0.15) is 0 Å². The molecule has 35 heavy (non-hydrogen) atoms. The second-order valence-electron chi connectivity index (χ2n) is 9.37. The lowest BCUT2D eigenvalue weighted by Crippen LogP contribution is -2.54. The van der Waals surface area contributed by atoms with Gasteiger partial charge < -0.3 is 10.8 Å². The van der Waals surface area contributed by atoms with Crippen molar-refractivity contribution in [3.8, 4) is 5.75 Å². The molecule has 2 amide bonds. The minimum atomic E-state index is -0.708. The van der Waals surface area contributed by atoms with E-state index in [1.165, 1.54) is 5.56 Å². The Morgan fingerprint density at radius 2 is 1.69 bits per heavy atom. The van der Waals surface area contributed by atoms with Crippen molar-refractivity contribution in [3.05, 3.63) is 71.3 Å². The monoisotopic (exact) mass is 479 g/mol. The standard InChI is InChI=1S/C29H41N3O3/c1-5-7-8-25(30)28(34)32-29(35)27(19-23-13-16-24(33)17-14-23)31-26(21(4)6-2)18-15-22-11-9-20(3)10-12-22/h9-18,21,25-27,31,33H,5-8,19,30H2,1-4H3,(H,32,34,35)/b18-15+/t21-,25-,26+,27-/m0/s1. The SMILES string of the molecule is CCCC[C@H](N)C(=O)NC(=O)[C@H](Cc1ccc(O)cc1)N[C@H](/C=C/c1ccc(C)cc1)[C@@H](C)CC. The lowest BCUT2D eigenvalue weighted by Gasteiger charge is -2.27. The molecule has 2 rings (SSSR count). The molecule has 0 saturated carbocycles. The van der Waals surface area contributed by atoms with Crippen LogP contribution in [0.15, 0.2) is 54.6 Å². The van der Waals surface area contributed by atoms with Gasteiger partial charge in [-0.1, -0.05) is 94.1 Å². The van der Waals surface area contributed by atoms with Gasteiger partial charge in [-0.25, -0.2) is 0 Å². The molecule has 0 spiro atoms. The van der Waals surface area contributed by atoms with Crippen molar-refractivity contribution >= 4 is 17.9 Å². The predicted octanol–water partition coefficient (Wildman–Crippen LogP) is 4.49. The van der Waals surface area contributed by atoms with Gasteiger partial charge in [0, 0.05) is 6.04 Å². The number of hydrogen-bond donors (Lipinski definition) is 4. The normalized spacial score (nSPS) is 14.9. The molecule has 0 aliphatic carbocycles. The number of benzene rings is 2. The second kappa shape index (κ2) is 14.4. The number of amides is 2. The van der Waals surface area contributed by atoms with Crippen LogP contribution in [0, 0.1) is 12.8 Å². The molecular weight excluding hydrogens is 438 g/mol. The molecule has 0 heterocycles. The summed E-state index contributed by atoms with van der Waals surface area (Å²) in [6, 6.07) is 13.6. The van der Waals surface area contributed by atoms with Gasteiger partial charge in [-0.15, -0.1) is 0 Å². The molecule has 0 fully saturated rings. The third-order valence-corrected chi connectivity index (χ3v) is 6.37. The lowest BCUT2D eigenvalue weighted by molar-refractivity contribution is -0.132. The van der Waals surface area contributed by atoms with Crippen molar-refractivity contribution in [2.24, 2.45) is 11.7 Å². The highest BCUT2D eigenvalue weighted by molar-refractivity contribution is 6.00. The summed E-state index contributed by atoms with van der Waals surface area (Å²) in [5.74, 6) is -0.420. The average molecular weight is 480 g/mol. The fraction of sp³-hybridized carbons (Fsp3) is 0.448. The molecule has 0 radical (unpaired) electrons. The molecule has 190 valence electrons. The van der Waals surface area contributed by atoms with E-state index < -0.39 is 23.9 Å². The van der Waals surface area contributed by atoms with Crippen molar-refractivity contribution in [2.45, 2.75) is 77.9 Å². The highest BCUT2D eigenvalue weighted by Crippen LogP contribution is 2.16. The van der Waals surface area contributed by atoms with Crippen LogP contribution >= 0.6 is 0 Å². The Labute approximate surface area is 210 Å². The summed E-state index contributed by atoms with van der Waals surface area (Å²) in [6.45, 7) is 8.34. The molecule has 0 aliphatic heterocycles. The molecular formula is C29H41N3O3. The number of nitrogens with one attached hydrogen (secondary N) is 2. The summed E-state index contributed by atoms with van der Waals surface area (Å²) in [6.07, 6.45) is 7.75. The molecule has 0 aliphatic rings. The van der Waals surface area contributed by atoms with E-state index in [1.807, 2.05) is 6.92 Å². The number of rotatable bonds is 13. The minimum absolute atomic E-state index is 0.0852. The zero-order chi connectivity index (χ0) is 25.8. The van der Waals surface area contributed by atoms with Gasteiger partial charge in [-0.05, 0) is 48.9 Å². The van der Waals surface area contributed by atoms with Gasteiger partial charge in [-0.3, -0.25) is 20.2 Å². The molecule has 4 atom stereocenters. The van der Waals surface area contributed by atoms with E-state index in [0.29, 0.717) is 12.8 Å². The maximum absolute atomic E-state index is 13.2. The summed E-state index contributed by atoms with van der Waals surface area (Å²) < 4.78 is 0. The molecule has 0 aromatic heterocycles. The number of aryl methyl sites for hydroxylation is 1. The van der Waals surface area contributed by atoms with Crippen LogP contribution in [0.2, 0.25) is 0 Å². The van der Waals surface area contributed by atoms with E-state index in [4.69, 9.17) is 5.73 Å². The van der Waals surface area contributed by atoms with Crippen LogP contribution in [0.3, 0.4) is 0 Å². The molecule has 0 unspecified atom stereocenters. The summed E-state index contributed by atoms with van der Waals surface area (Å²) in [5.41, 5.74) is 9.16. The number of aromatic hydroxyl groups is 1. The molecule has 6 nitrogen and oxygen atoms in total. The Kier molecular flexibility index (Phi) is 11.7. The first-order valence-electron chi connectivity index (χ1n) is 12.6. The molecule has 0 saturated heterocycles. The largest absolute Gasteiger partial charge is 0.508 e. The third-order valence-electron chi connectivity index (χ3n) is 6.37. The van der Waals surface area contributed by atoms with E-state index in [-0.39, 0.29) is 17.7 Å². The predicted molar refractivity (Wildman–Crippen MR) is 143 cm³/mol. The van der Waals surface area contributed by atoms with Crippen molar-refractivity contribution < 1.29 is 14.7 Å². The zero-order valence-electron chi connectivity index (χ0n) is 21.5. The molecule has 2 aromatic rings. The summed E-state index contributed by atoms with van der Waals surface area (Å²) >= 11 is 0. The summed E-state index contributed by atoms with van der Waals surface area (Å²) in [5, 5.41) is 15.6. The van der Waals surface area contributed by atoms with Crippen LogP contribution in [-0.2, 0) is 16.0 Å². The number of nitrogens with two attached hydrogens (primary N) is 1. The number of phenolic OH excluding ortho intramolecular Hbond substituents is 1. The van der Waals surface area contributed by atoms with Crippen molar-refractivity contribution in [1.29, 1.82) is 0 Å². The lowest BCUT2D eigenvalue weighted by atomic mass is 9.95. The number of carbonyl (C=O) groups excluding carboxylic acids is 2.